The number of H-pyrrole nitrogens is 2. The van der Waals surface area contributed by atoms with Crippen molar-refractivity contribution in [2.45, 2.75) is 13.3 Å². The predicted octanol–water partition coefficient (Wildman–Crippen LogP) is 3.60. The van der Waals surface area contributed by atoms with Gasteiger partial charge in [0.05, 0.1) is 28.9 Å². The smallest absolute Gasteiger partial charge is 0.462 e. The zero-order chi connectivity index (χ0) is 18.9. The molecule has 2 heterocycles. The molecule has 3 aromatic rings. The quantitative estimate of drug-likeness (QED) is 0.691. The van der Waals surface area contributed by atoms with Gasteiger partial charge in [0.2, 0.25) is 5.43 Å². The van der Waals surface area contributed by atoms with Gasteiger partial charge >= 0.3 is 12.3 Å². The second kappa shape index (κ2) is 6.58. The topological polar surface area (TPSA) is 84.2 Å². The maximum Gasteiger partial charge on any atom is 0.573 e. The van der Waals surface area contributed by atoms with Crippen molar-refractivity contribution in [3.8, 4) is 17.1 Å². The molecular formula is C17H13F3N2O4. The van der Waals surface area contributed by atoms with E-state index < -0.39 is 29.1 Å². The molecule has 0 radical (unpaired) electrons. The minimum atomic E-state index is -4.98. The normalized spacial score (nSPS) is 11.5. The Morgan fingerprint density at radius 3 is 2.58 bits per heavy atom. The van der Waals surface area contributed by atoms with Gasteiger partial charge in [-0.05, 0) is 31.2 Å². The SMILES string of the molecule is CCOC(=O)c1c(-c2ccc[nH]2)[nH]c2cccc(OC(F)(F)F)c2c1=O. The van der Waals surface area contributed by atoms with Gasteiger partial charge in [0, 0.05) is 6.20 Å². The molecule has 0 bridgehead atoms. The average molecular weight is 366 g/mol. The van der Waals surface area contributed by atoms with Crippen LogP contribution < -0.4 is 10.2 Å². The molecule has 0 saturated carbocycles. The first kappa shape index (κ1) is 17.6. The lowest BCUT2D eigenvalue weighted by Crippen LogP contribution is -2.23. The highest BCUT2D eigenvalue weighted by atomic mass is 19.4. The van der Waals surface area contributed by atoms with Crippen LogP contribution in [0, 0.1) is 0 Å². The number of aromatic amines is 2. The van der Waals surface area contributed by atoms with Crippen molar-refractivity contribution in [3.05, 3.63) is 52.3 Å². The van der Waals surface area contributed by atoms with Crippen molar-refractivity contribution in [1.82, 2.24) is 9.97 Å². The Hall–Kier alpha value is -3.23. The van der Waals surface area contributed by atoms with Gasteiger partial charge in [0.25, 0.3) is 0 Å². The van der Waals surface area contributed by atoms with Crippen LogP contribution in [0.1, 0.15) is 17.3 Å². The molecule has 2 aromatic heterocycles. The molecule has 2 N–H and O–H groups in total. The lowest BCUT2D eigenvalue weighted by molar-refractivity contribution is -0.274. The number of pyridine rings is 1. The Balaban J connectivity index is 2.34. The predicted molar refractivity (Wildman–Crippen MR) is 87.0 cm³/mol. The fraction of sp³-hybridized carbons (Fsp3) is 0.176. The van der Waals surface area contributed by atoms with Gasteiger partial charge in [0.15, 0.2) is 0 Å². The van der Waals surface area contributed by atoms with Gasteiger partial charge in [-0.2, -0.15) is 0 Å². The Kier molecular flexibility index (Phi) is 4.45. The van der Waals surface area contributed by atoms with Gasteiger partial charge in [-0.15, -0.1) is 13.2 Å². The fourth-order valence-corrected chi connectivity index (χ4v) is 2.60. The molecule has 0 unspecified atom stereocenters. The second-order valence-electron chi connectivity index (χ2n) is 5.23. The molecule has 0 fully saturated rings. The van der Waals surface area contributed by atoms with Gasteiger partial charge in [-0.1, -0.05) is 6.07 Å². The molecule has 26 heavy (non-hydrogen) atoms. The number of aromatic nitrogens is 2. The number of esters is 1. The summed E-state index contributed by atoms with van der Waals surface area (Å²) < 4.78 is 46.8. The number of fused-ring (bicyclic) bond motifs is 1. The third-order valence-corrected chi connectivity index (χ3v) is 3.56. The van der Waals surface area contributed by atoms with Crippen molar-refractivity contribution in [2.75, 3.05) is 6.61 Å². The number of carbonyl (C=O) groups excluding carboxylic acids is 1. The Morgan fingerprint density at radius 2 is 1.96 bits per heavy atom. The first-order chi connectivity index (χ1) is 12.3. The molecule has 0 amide bonds. The van der Waals surface area contributed by atoms with Crippen LogP contribution >= 0.6 is 0 Å². The van der Waals surface area contributed by atoms with E-state index in [4.69, 9.17) is 4.74 Å². The number of carbonyl (C=O) groups is 1. The minimum absolute atomic E-state index is 0.00117. The van der Waals surface area contributed by atoms with Gasteiger partial charge in [0.1, 0.15) is 11.3 Å². The number of rotatable bonds is 4. The molecule has 0 saturated heterocycles. The molecule has 6 nitrogen and oxygen atoms in total. The summed E-state index contributed by atoms with van der Waals surface area (Å²) in [5, 5.41) is -0.386. The molecule has 3 rings (SSSR count). The summed E-state index contributed by atoms with van der Waals surface area (Å²) in [7, 11) is 0. The summed E-state index contributed by atoms with van der Waals surface area (Å²) in [4.78, 5) is 30.9. The first-order valence-electron chi connectivity index (χ1n) is 7.57. The summed E-state index contributed by atoms with van der Waals surface area (Å²) in [6.45, 7) is 1.56. The van der Waals surface area contributed by atoms with Crippen LogP contribution in [0.25, 0.3) is 22.3 Å². The third-order valence-electron chi connectivity index (χ3n) is 3.56. The third kappa shape index (κ3) is 3.28. The van der Waals surface area contributed by atoms with Crippen molar-refractivity contribution in [3.63, 3.8) is 0 Å². The Morgan fingerprint density at radius 1 is 1.19 bits per heavy atom. The van der Waals surface area contributed by atoms with E-state index in [0.29, 0.717) is 5.69 Å². The highest BCUT2D eigenvalue weighted by Gasteiger charge is 2.33. The molecule has 0 aliphatic carbocycles. The lowest BCUT2D eigenvalue weighted by Gasteiger charge is -2.14. The molecule has 9 heteroatoms. The zero-order valence-corrected chi connectivity index (χ0v) is 13.4. The van der Waals surface area contributed by atoms with Crippen molar-refractivity contribution >= 4 is 16.9 Å². The first-order valence-corrected chi connectivity index (χ1v) is 7.57. The molecule has 0 aliphatic rings. The maximum atomic E-state index is 12.9. The maximum absolute atomic E-state index is 12.9. The van der Waals surface area contributed by atoms with Crippen LogP contribution in [0.3, 0.4) is 0 Å². The number of hydrogen-bond acceptors (Lipinski definition) is 4. The molecule has 1 aromatic carbocycles. The molecular weight excluding hydrogens is 353 g/mol. The molecule has 136 valence electrons. The standard InChI is InChI=1S/C17H13F3N2O4/c1-2-25-16(24)13-14(10-6-4-8-21-10)22-9-5-3-7-11(12(9)15(13)23)26-17(18,19)20/h3-8,21H,2H2,1H3,(H,22,23). The van der Waals surface area contributed by atoms with Gasteiger partial charge < -0.3 is 19.4 Å². The van der Waals surface area contributed by atoms with Crippen LogP contribution in [-0.2, 0) is 4.74 Å². The summed E-state index contributed by atoms with van der Waals surface area (Å²) in [5.41, 5.74) is -0.694. The van der Waals surface area contributed by atoms with E-state index in [9.17, 15) is 22.8 Å². The lowest BCUT2D eigenvalue weighted by atomic mass is 10.1. The van der Waals surface area contributed by atoms with E-state index in [1.165, 1.54) is 12.1 Å². The fourth-order valence-electron chi connectivity index (χ4n) is 2.60. The summed E-state index contributed by atoms with van der Waals surface area (Å²) in [5.74, 6) is -1.64. The number of hydrogen-bond donors (Lipinski definition) is 2. The van der Waals surface area contributed by atoms with Crippen LogP contribution in [0.2, 0.25) is 0 Å². The highest BCUT2D eigenvalue weighted by Crippen LogP contribution is 2.30. The Labute approximate surface area is 144 Å². The molecule has 0 spiro atoms. The van der Waals surface area contributed by atoms with E-state index in [2.05, 4.69) is 14.7 Å². The van der Waals surface area contributed by atoms with E-state index in [1.807, 2.05) is 0 Å². The van der Waals surface area contributed by atoms with E-state index >= 15 is 0 Å². The summed E-state index contributed by atoms with van der Waals surface area (Å²) in [6, 6.07) is 6.99. The van der Waals surface area contributed by atoms with E-state index in [1.54, 1.807) is 25.3 Å². The Bertz CT molecular complexity index is 1010. The minimum Gasteiger partial charge on any atom is -0.462 e. The average Bonchev–Trinajstić information content (AvgIpc) is 3.07. The molecule has 0 aliphatic heterocycles. The summed E-state index contributed by atoms with van der Waals surface area (Å²) >= 11 is 0. The highest BCUT2D eigenvalue weighted by molar-refractivity contribution is 6.01. The largest absolute Gasteiger partial charge is 0.573 e. The second-order valence-corrected chi connectivity index (χ2v) is 5.23. The molecule has 0 atom stereocenters. The number of alkyl halides is 3. The van der Waals surface area contributed by atoms with E-state index in [-0.39, 0.29) is 23.2 Å². The summed E-state index contributed by atoms with van der Waals surface area (Å²) in [6.07, 6.45) is -3.40. The van der Waals surface area contributed by atoms with Crippen molar-refractivity contribution < 1.29 is 27.4 Å². The van der Waals surface area contributed by atoms with Crippen molar-refractivity contribution in [2.24, 2.45) is 0 Å². The van der Waals surface area contributed by atoms with Crippen LogP contribution in [0.5, 0.6) is 5.75 Å². The monoisotopic (exact) mass is 366 g/mol. The van der Waals surface area contributed by atoms with Gasteiger partial charge in [-0.3, -0.25) is 4.79 Å². The zero-order valence-electron chi connectivity index (χ0n) is 13.4. The van der Waals surface area contributed by atoms with Crippen LogP contribution in [0.4, 0.5) is 13.2 Å². The van der Waals surface area contributed by atoms with Crippen LogP contribution in [-0.4, -0.2) is 28.9 Å². The number of benzene rings is 1. The number of ether oxygens (including phenoxy) is 2. The van der Waals surface area contributed by atoms with Gasteiger partial charge in [-0.25, -0.2) is 4.79 Å². The number of halogens is 3. The number of nitrogens with one attached hydrogen (secondary N) is 2. The van der Waals surface area contributed by atoms with Crippen LogP contribution in [0.15, 0.2) is 41.3 Å². The van der Waals surface area contributed by atoms with E-state index in [0.717, 1.165) is 6.07 Å². The van der Waals surface area contributed by atoms with Crippen molar-refractivity contribution in [1.29, 1.82) is 0 Å².